The Kier molecular flexibility index (Phi) is 4.43. The fourth-order valence-electron chi connectivity index (χ4n) is 1.34. The zero-order chi connectivity index (χ0) is 11.3. The first-order valence-electron chi connectivity index (χ1n) is 5.00. The standard InChI is InChI=1S/C12H15F2N/c1-3-7-15-12(4-2)9-5-6-10(13)11(14)8-9/h4-6,8,12,15H,2-3,7H2,1H3. The van der Waals surface area contributed by atoms with E-state index in [2.05, 4.69) is 11.9 Å². The fraction of sp³-hybridized carbons (Fsp3) is 0.333. The van der Waals surface area contributed by atoms with Gasteiger partial charge in [0.15, 0.2) is 11.6 Å². The molecule has 0 bridgehead atoms. The Morgan fingerprint density at radius 3 is 2.67 bits per heavy atom. The summed E-state index contributed by atoms with van der Waals surface area (Å²) < 4.78 is 25.7. The summed E-state index contributed by atoms with van der Waals surface area (Å²) in [6, 6.07) is 3.77. The molecular weight excluding hydrogens is 196 g/mol. The summed E-state index contributed by atoms with van der Waals surface area (Å²) in [6.45, 7) is 6.52. The minimum Gasteiger partial charge on any atom is -0.307 e. The lowest BCUT2D eigenvalue weighted by Crippen LogP contribution is -2.20. The van der Waals surface area contributed by atoms with Crippen molar-refractivity contribution in [3.8, 4) is 0 Å². The van der Waals surface area contributed by atoms with E-state index in [1.165, 1.54) is 6.07 Å². The van der Waals surface area contributed by atoms with Crippen LogP contribution >= 0.6 is 0 Å². The monoisotopic (exact) mass is 211 g/mol. The molecule has 0 aliphatic heterocycles. The number of hydrogen-bond acceptors (Lipinski definition) is 1. The smallest absolute Gasteiger partial charge is 0.159 e. The van der Waals surface area contributed by atoms with E-state index in [4.69, 9.17) is 0 Å². The molecule has 0 saturated carbocycles. The lowest BCUT2D eigenvalue weighted by atomic mass is 10.1. The molecule has 0 aliphatic rings. The van der Waals surface area contributed by atoms with Crippen LogP contribution in [-0.2, 0) is 0 Å². The van der Waals surface area contributed by atoms with Gasteiger partial charge in [-0.25, -0.2) is 8.78 Å². The summed E-state index contributed by atoms with van der Waals surface area (Å²) in [6.07, 6.45) is 2.66. The zero-order valence-electron chi connectivity index (χ0n) is 8.76. The third-order valence-electron chi connectivity index (χ3n) is 2.15. The van der Waals surface area contributed by atoms with Crippen LogP contribution in [0.5, 0.6) is 0 Å². The second kappa shape index (κ2) is 5.61. The molecule has 1 aromatic carbocycles. The van der Waals surface area contributed by atoms with Crippen LogP contribution in [0.2, 0.25) is 0 Å². The van der Waals surface area contributed by atoms with Crippen molar-refractivity contribution in [2.45, 2.75) is 19.4 Å². The zero-order valence-corrected chi connectivity index (χ0v) is 8.76. The number of benzene rings is 1. The Labute approximate surface area is 88.8 Å². The highest BCUT2D eigenvalue weighted by molar-refractivity contribution is 5.24. The van der Waals surface area contributed by atoms with Gasteiger partial charge in [-0.3, -0.25) is 0 Å². The van der Waals surface area contributed by atoms with Crippen LogP contribution in [0.25, 0.3) is 0 Å². The molecule has 0 saturated heterocycles. The molecule has 0 fully saturated rings. The summed E-state index contributed by atoms with van der Waals surface area (Å²) in [5, 5.41) is 3.17. The topological polar surface area (TPSA) is 12.0 Å². The fourth-order valence-corrected chi connectivity index (χ4v) is 1.34. The molecule has 0 aliphatic carbocycles. The number of hydrogen-bond donors (Lipinski definition) is 1. The summed E-state index contributed by atoms with van der Waals surface area (Å²) >= 11 is 0. The Morgan fingerprint density at radius 2 is 2.13 bits per heavy atom. The molecule has 0 amide bonds. The summed E-state index contributed by atoms with van der Waals surface area (Å²) in [5.74, 6) is -1.64. The van der Waals surface area contributed by atoms with Gasteiger partial charge < -0.3 is 5.32 Å². The van der Waals surface area contributed by atoms with Gasteiger partial charge in [0.05, 0.1) is 6.04 Å². The van der Waals surface area contributed by atoms with Gasteiger partial charge in [-0.2, -0.15) is 0 Å². The van der Waals surface area contributed by atoms with Gasteiger partial charge in [-0.15, -0.1) is 6.58 Å². The maximum Gasteiger partial charge on any atom is 0.159 e. The molecule has 0 aromatic heterocycles. The summed E-state index contributed by atoms with van der Waals surface area (Å²) in [5.41, 5.74) is 0.692. The molecule has 1 N–H and O–H groups in total. The molecule has 0 heterocycles. The van der Waals surface area contributed by atoms with Crippen molar-refractivity contribution in [1.82, 2.24) is 5.32 Å². The van der Waals surface area contributed by atoms with Crippen molar-refractivity contribution in [3.05, 3.63) is 48.1 Å². The molecule has 15 heavy (non-hydrogen) atoms. The number of halogens is 2. The first-order valence-corrected chi connectivity index (χ1v) is 5.00. The van der Waals surface area contributed by atoms with E-state index in [9.17, 15) is 8.78 Å². The largest absolute Gasteiger partial charge is 0.307 e. The lowest BCUT2D eigenvalue weighted by Gasteiger charge is -2.14. The van der Waals surface area contributed by atoms with Crippen molar-refractivity contribution < 1.29 is 8.78 Å². The van der Waals surface area contributed by atoms with Crippen molar-refractivity contribution >= 4 is 0 Å². The third kappa shape index (κ3) is 3.13. The van der Waals surface area contributed by atoms with Gasteiger partial charge in [0.1, 0.15) is 0 Å². The molecule has 3 heteroatoms. The van der Waals surface area contributed by atoms with Gasteiger partial charge in [0, 0.05) is 0 Å². The van der Waals surface area contributed by atoms with Gasteiger partial charge >= 0.3 is 0 Å². The Hall–Kier alpha value is -1.22. The summed E-state index contributed by atoms with van der Waals surface area (Å²) in [7, 11) is 0. The van der Waals surface area contributed by atoms with E-state index in [0.29, 0.717) is 5.56 Å². The number of nitrogens with one attached hydrogen (secondary N) is 1. The molecule has 82 valence electrons. The maximum atomic E-state index is 13.0. The molecule has 1 atom stereocenters. The Balaban J connectivity index is 2.82. The quantitative estimate of drug-likeness (QED) is 0.737. The van der Waals surface area contributed by atoms with Crippen LogP contribution in [0, 0.1) is 11.6 Å². The van der Waals surface area contributed by atoms with E-state index >= 15 is 0 Å². The van der Waals surface area contributed by atoms with Crippen LogP contribution < -0.4 is 5.32 Å². The normalized spacial score (nSPS) is 12.5. The first kappa shape index (κ1) is 11.9. The predicted octanol–water partition coefficient (Wildman–Crippen LogP) is 3.19. The van der Waals surface area contributed by atoms with E-state index in [0.717, 1.165) is 19.0 Å². The average Bonchev–Trinajstić information content (AvgIpc) is 2.24. The minimum atomic E-state index is -0.822. The number of rotatable bonds is 5. The molecule has 1 rings (SSSR count). The molecule has 0 radical (unpaired) electrons. The molecule has 1 unspecified atom stereocenters. The van der Waals surface area contributed by atoms with Gasteiger partial charge in [-0.05, 0) is 30.7 Å². The molecule has 0 spiro atoms. The van der Waals surface area contributed by atoms with Crippen molar-refractivity contribution in [2.24, 2.45) is 0 Å². The van der Waals surface area contributed by atoms with Crippen LogP contribution in [0.1, 0.15) is 24.9 Å². The Bertz CT molecular complexity index is 336. The van der Waals surface area contributed by atoms with Gasteiger partial charge in [0.2, 0.25) is 0 Å². The third-order valence-corrected chi connectivity index (χ3v) is 2.15. The van der Waals surface area contributed by atoms with Crippen LogP contribution in [-0.4, -0.2) is 6.54 Å². The van der Waals surface area contributed by atoms with Crippen LogP contribution in [0.4, 0.5) is 8.78 Å². The van der Waals surface area contributed by atoms with E-state index in [-0.39, 0.29) is 6.04 Å². The second-order valence-electron chi connectivity index (χ2n) is 3.34. The lowest BCUT2D eigenvalue weighted by molar-refractivity contribution is 0.504. The van der Waals surface area contributed by atoms with Crippen LogP contribution in [0.3, 0.4) is 0 Å². The highest BCUT2D eigenvalue weighted by Crippen LogP contribution is 2.17. The van der Waals surface area contributed by atoms with E-state index < -0.39 is 11.6 Å². The predicted molar refractivity (Wildman–Crippen MR) is 57.6 cm³/mol. The van der Waals surface area contributed by atoms with Gasteiger partial charge in [-0.1, -0.05) is 19.1 Å². The molecule has 1 aromatic rings. The van der Waals surface area contributed by atoms with Crippen LogP contribution in [0.15, 0.2) is 30.9 Å². The first-order chi connectivity index (χ1) is 7.19. The highest BCUT2D eigenvalue weighted by atomic mass is 19.2. The van der Waals surface area contributed by atoms with E-state index in [1.54, 1.807) is 12.1 Å². The van der Waals surface area contributed by atoms with E-state index in [1.807, 2.05) is 6.92 Å². The SMILES string of the molecule is C=CC(NCCC)c1ccc(F)c(F)c1. The van der Waals surface area contributed by atoms with Crippen molar-refractivity contribution in [1.29, 1.82) is 0 Å². The Morgan fingerprint density at radius 1 is 1.40 bits per heavy atom. The molecule has 1 nitrogen and oxygen atoms in total. The highest BCUT2D eigenvalue weighted by Gasteiger charge is 2.09. The van der Waals surface area contributed by atoms with Crippen molar-refractivity contribution in [2.75, 3.05) is 6.54 Å². The molecular formula is C12H15F2N. The van der Waals surface area contributed by atoms with Gasteiger partial charge in [0.25, 0.3) is 0 Å². The summed E-state index contributed by atoms with van der Waals surface area (Å²) in [4.78, 5) is 0. The second-order valence-corrected chi connectivity index (χ2v) is 3.34. The maximum absolute atomic E-state index is 13.0. The average molecular weight is 211 g/mol. The minimum absolute atomic E-state index is 0.125. The van der Waals surface area contributed by atoms with Crippen molar-refractivity contribution in [3.63, 3.8) is 0 Å².